The van der Waals surface area contributed by atoms with Gasteiger partial charge in [-0.2, -0.15) is 0 Å². The first-order chi connectivity index (χ1) is 9.20. The first-order valence-corrected chi connectivity index (χ1v) is 7.01. The number of hydrogen-bond donors (Lipinski definition) is 3. The van der Waals surface area contributed by atoms with E-state index in [0.29, 0.717) is 6.61 Å². The Hall–Kier alpha value is -0.460. The number of aliphatic hydroxyl groups is 3. The first-order valence-electron chi connectivity index (χ1n) is 7.01. The van der Waals surface area contributed by atoms with Gasteiger partial charge in [-0.1, -0.05) is 18.9 Å². The van der Waals surface area contributed by atoms with Gasteiger partial charge in [-0.25, -0.2) is 0 Å². The minimum Gasteiger partial charge on any atom is -0.394 e. The third kappa shape index (κ3) is 5.58. The Bertz CT molecular complexity index is 246. The van der Waals surface area contributed by atoms with E-state index in [-0.39, 0.29) is 6.61 Å². The van der Waals surface area contributed by atoms with E-state index >= 15 is 0 Å². The second-order valence-corrected chi connectivity index (χ2v) is 4.94. The van der Waals surface area contributed by atoms with E-state index < -0.39 is 31.0 Å². The highest BCUT2D eigenvalue weighted by molar-refractivity contribution is 4.88. The number of ether oxygens (including phenoxy) is 2. The fourth-order valence-corrected chi connectivity index (χ4v) is 2.18. The van der Waals surface area contributed by atoms with Crippen LogP contribution in [0.25, 0.3) is 0 Å². The minimum absolute atomic E-state index is 0.263. The van der Waals surface area contributed by atoms with Crippen LogP contribution >= 0.6 is 0 Å². The molecule has 5 heteroatoms. The van der Waals surface area contributed by atoms with Crippen LogP contribution in [0.3, 0.4) is 0 Å². The van der Waals surface area contributed by atoms with E-state index in [2.05, 4.69) is 6.58 Å². The van der Waals surface area contributed by atoms with Crippen LogP contribution < -0.4 is 0 Å². The van der Waals surface area contributed by atoms with Crippen LogP contribution in [0, 0.1) is 0 Å². The molecule has 0 aromatic heterocycles. The monoisotopic (exact) mass is 274 g/mol. The Morgan fingerprint density at radius 2 is 2.05 bits per heavy atom. The molecular formula is C14H26O5. The van der Waals surface area contributed by atoms with E-state index in [4.69, 9.17) is 14.6 Å². The number of rotatable bonds is 10. The van der Waals surface area contributed by atoms with Crippen molar-refractivity contribution in [3.05, 3.63) is 12.7 Å². The lowest BCUT2D eigenvalue weighted by Crippen LogP contribution is -2.41. The van der Waals surface area contributed by atoms with Crippen molar-refractivity contribution in [2.24, 2.45) is 0 Å². The van der Waals surface area contributed by atoms with E-state index in [9.17, 15) is 10.2 Å². The highest BCUT2D eigenvalue weighted by Gasteiger charge is 2.40. The van der Waals surface area contributed by atoms with Crippen molar-refractivity contribution >= 4 is 0 Å². The maximum Gasteiger partial charge on any atom is 0.114 e. The fourth-order valence-electron chi connectivity index (χ4n) is 2.18. The molecule has 0 bridgehead atoms. The zero-order valence-corrected chi connectivity index (χ0v) is 11.4. The Balaban J connectivity index is 2.09. The van der Waals surface area contributed by atoms with Crippen LogP contribution in [0.5, 0.6) is 0 Å². The quantitative estimate of drug-likeness (QED) is 0.402. The van der Waals surface area contributed by atoms with Gasteiger partial charge in [0.2, 0.25) is 0 Å². The van der Waals surface area contributed by atoms with Crippen LogP contribution in [0.1, 0.15) is 32.1 Å². The standard InChI is InChI=1S/C14H26O5/c1-2-3-4-5-6-7-8-18-12-10-19-14(13(12)17)11(16)9-15/h2,11-17H,1,3-10H2/t11-,12+,13-,14-/m0/s1. The molecule has 19 heavy (non-hydrogen) atoms. The molecule has 1 saturated heterocycles. The third-order valence-corrected chi connectivity index (χ3v) is 3.37. The van der Waals surface area contributed by atoms with Crippen molar-refractivity contribution < 1.29 is 24.8 Å². The van der Waals surface area contributed by atoms with Crippen molar-refractivity contribution in [2.45, 2.75) is 56.5 Å². The van der Waals surface area contributed by atoms with E-state index in [0.717, 1.165) is 32.1 Å². The average molecular weight is 274 g/mol. The molecule has 1 rings (SSSR count). The van der Waals surface area contributed by atoms with E-state index in [1.807, 2.05) is 6.08 Å². The second-order valence-electron chi connectivity index (χ2n) is 4.94. The van der Waals surface area contributed by atoms with Gasteiger partial charge in [-0.05, 0) is 19.3 Å². The van der Waals surface area contributed by atoms with Gasteiger partial charge >= 0.3 is 0 Å². The number of allylic oxidation sites excluding steroid dienone is 1. The van der Waals surface area contributed by atoms with E-state index in [1.165, 1.54) is 0 Å². The van der Waals surface area contributed by atoms with Gasteiger partial charge < -0.3 is 24.8 Å². The predicted octanol–water partition coefficient (Wildman–Crippen LogP) is 0.621. The molecule has 3 N–H and O–H groups in total. The third-order valence-electron chi connectivity index (χ3n) is 3.37. The van der Waals surface area contributed by atoms with Crippen LogP contribution in [0.15, 0.2) is 12.7 Å². The summed E-state index contributed by atoms with van der Waals surface area (Å²) in [6, 6.07) is 0. The summed E-state index contributed by atoms with van der Waals surface area (Å²) < 4.78 is 10.8. The number of unbranched alkanes of at least 4 members (excludes halogenated alkanes) is 4. The topological polar surface area (TPSA) is 79.2 Å². The molecule has 1 aliphatic heterocycles. The molecule has 1 heterocycles. The molecule has 0 spiro atoms. The normalized spacial score (nSPS) is 28.5. The second kappa shape index (κ2) is 9.44. The molecule has 0 aliphatic carbocycles. The number of hydrogen-bond acceptors (Lipinski definition) is 5. The molecule has 4 atom stereocenters. The maximum absolute atomic E-state index is 9.89. The highest BCUT2D eigenvalue weighted by atomic mass is 16.6. The molecule has 0 unspecified atom stereocenters. The van der Waals surface area contributed by atoms with Crippen molar-refractivity contribution in [2.75, 3.05) is 19.8 Å². The average Bonchev–Trinajstić information content (AvgIpc) is 2.78. The molecule has 1 fully saturated rings. The molecule has 112 valence electrons. The lowest BCUT2D eigenvalue weighted by atomic mass is 10.1. The maximum atomic E-state index is 9.89. The summed E-state index contributed by atoms with van der Waals surface area (Å²) in [5.74, 6) is 0. The van der Waals surface area contributed by atoms with Gasteiger partial charge in [0.1, 0.15) is 24.4 Å². The van der Waals surface area contributed by atoms with Gasteiger partial charge in [0.25, 0.3) is 0 Å². The van der Waals surface area contributed by atoms with Crippen molar-refractivity contribution in [3.8, 4) is 0 Å². The van der Waals surface area contributed by atoms with Gasteiger partial charge in [0.05, 0.1) is 13.2 Å². The van der Waals surface area contributed by atoms with Crippen LogP contribution in [0.2, 0.25) is 0 Å². The molecule has 1 aliphatic rings. The summed E-state index contributed by atoms with van der Waals surface area (Å²) in [7, 11) is 0. The van der Waals surface area contributed by atoms with E-state index in [1.54, 1.807) is 0 Å². The summed E-state index contributed by atoms with van der Waals surface area (Å²) in [5, 5.41) is 28.2. The summed E-state index contributed by atoms with van der Waals surface area (Å²) in [5.41, 5.74) is 0. The van der Waals surface area contributed by atoms with Crippen LogP contribution in [0.4, 0.5) is 0 Å². The van der Waals surface area contributed by atoms with Gasteiger partial charge in [0.15, 0.2) is 0 Å². The summed E-state index contributed by atoms with van der Waals surface area (Å²) in [6.45, 7) is 4.11. The zero-order valence-electron chi connectivity index (χ0n) is 11.4. The predicted molar refractivity (Wildman–Crippen MR) is 71.9 cm³/mol. The summed E-state index contributed by atoms with van der Waals surface area (Å²) >= 11 is 0. The Morgan fingerprint density at radius 1 is 1.32 bits per heavy atom. The van der Waals surface area contributed by atoms with Crippen molar-refractivity contribution in [1.29, 1.82) is 0 Å². The first kappa shape index (κ1) is 16.6. The Kier molecular flexibility index (Phi) is 8.25. The summed E-state index contributed by atoms with van der Waals surface area (Å²) in [6.07, 6.45) is 4.27. The smallest absolute Gasteiger partial charge is 0.114 e. The number of aliphatic hydroxyl groups excluding tert-OH is 3. The van der Waals surface area contributed by atoms with Crippen molar-refractivity contribution in [1.82, 2.24) is 0 Å². The minimum atomic E-state index is -1.05. The molecule has 0 aromatic carbocycles. The molecule has 0 radical (unpaired) electrons. The van der Waals surface area contributed by atoms with Crippen LogP contribution in [-0.2, 0) is 9.47 Å². The molecule has 0 amide bonds. The molecule has 0 aromatic rings. The Labute approximate surface area is 114 Å². The van der Waals surface area contributed by atoms with Gasteiger partial charge in [0, 0.05) is 6.61 Å². The zero-order chi connectivity index (χ0) is 14.1. The van der Waals surface area contributed by atoms with Gasteiger partial charge in [-0.3, -0.25) is 0 Å². The lowest BCUT2D eigenvalue weighted by molar-refractivity contribution is -0.0730. The highest BCUT2D eigenvalue weighted by Crippen LogP contribution is 2.20. The molecular weight excluding hydrogens is 248 g/mol. The van der Waals surface area contributed by atoms with Crippen LogP contribution in [-0.4, -0.2) is 59.6 Å². The largest absolute Gasteiger partial charge is 0.394 e. The van der Waals surface area contributed by atoms with Gasteiger partial charge in [-0.15, -0.1) is 6.58 Å². The fraction of sp³-hybridized carbons (Fsp3) is 0.857. The SMILES string of the molecule is C=CCCCCCCO[C@@H]1CO[C@@H]([C@@H](O)CO)[C@H]1O. The Morgan fingerprint density at radius 3 is 2.74 bits per heavy atom. The summed E-state index contributed by atoms with van der Waals surface area (Å²) in [4.78, 5) is 0. The molecule has 0 saturated carbocycles. The van der Waals surface area contributed by atoms with Crippen molar-refractivity contribution in [3.63, 3.8) is 0 Å². The lowest BCUT2D eigenvalue weighted by Gasteiger charge is -2.20. The molecule has 5 nitrogen and oxygen atoms in total.